The molecule has 4 aliphatic rings. The van der Waals surface area contributed by atoms with E-state index < -0.39 is 23.8 Å². The summed E-state index contributed by atoms with van der Waals surface area (Å²) in [4.78, 5) is 60.4. The molecule has 0 spiro atoms. The molecule has 0 radical (unpaired) electrons. The second kappa shape index (κ2) is 10.9. The average molecular weight is 583 g/mol. The lowest BCUT2D eigenvalue weighted by Gasteiger charge is -2.35. The molecule has 1 atom stereocenters. The lowest BCUT2D eigenvalue weighted by molar-refractivity contribution is -0.136. The van der Waals surface area contributed by atoms with Gasteiger partial charge in [0.05, 0.1) is 29.1 Å². The molecule has 3 aliphatic heterocycles. The molecule has 12 heteroatoms. The first-order chi connectivity index (χ1) is 20.8. The Hall–Kier alpha value is -4.58. The largest absolute Gasteiger partial charge is 0.385 e. The van der Waals surface area contributed by atoms with Gasteiger partial charge in [-0.15, -0.1) is 0 Å². The molecule has 2 N–H and O–H groups in total. The van der Waals surface area contributed by atoms with E-state index in [1.807, 2.05) is 16.9 Å². The lowest BCUT2D eigenvalue weighted by atomic mass is 9.80. The number of carbonyl (C=O) groups excluding carboxylic acids is 4. The molecule has 2 aromatic heterocycles. The number of aromatic nitrogens is 3. The fourth-order valence-electron chi connectivity index (χ4n) is 6.39. The third-order valence-corrected chi connectivity index (χ3v) is 9.08. The normalized spacial score (nSPS) is 24.2. The first-order valence-electron chi connectivity index (χ1n) is 14.9. The Kier molecular flexibility index (Phi) is 6.92. The van der Waals surface area contributed by atoms with Gasteiger partial charge >= 0.3 is 0 Å². The van der Waals surface area contributed by atoms with Crippen molar-refractivity contribution in [3.05, 3.63) is 59.9 Å². The number of piperidine rings is 1. The minimum atomic E-state index is -0.965. The van der Waals surface area contributed by atoms with Gasteiger partial charge in [0, 0.05) is 56.6 Å². The molecule has 1 aromatic carbocycles. The molecule has 1 unspecified atom stereocenters. The van der Waals surface area contributed by atoms with Crippen molar-refractivity contribution in [2.24, 2.45) is 5.92 Å². The van der Waals surface area contributed by atoms with Crippen LogP contribution in [0.3, 0.4) is 0 Å². The van der Waals surface area contributed by atoms with Crippen LogP contribution in [0.5, 0.6) is 0 Å². The minimum Gasteiger partial charge on any atom is -0.385 e. The van der Waals surface area contributed by atoms with E-state index in [9.17, 15) is 19.2 Å². The van der Waals surface area contributed by atoms with Crippen molar-refractivity contribution < 1.29 is 19.2 Å². The number of hydrogen-bond acceptors (Lipinski definition) is 9. The maximum Gasteiger partial charge on any atom is 0.262 e. The van der Waals surface area contributed by atoms with Gasteiger partial charge < -0.3 is 15.1 Å². The van der Waals surface area contributed by atoms with Gasteiger partial charge in [-0.3, -0.25) is 34.1 Å². The van der Waals surface area contributed by atoms with Crippen LogP contribution in [0.25, 0.3) is 11.3 Å². The van der Waals surface area contributed by atoms with E-state index in [1.165, 1.54) is 0 Å². The van der Waals surface area contributed by atoms with Gasteiger partial charge in [0.15, 0.2) is 0 Å². The van der Waals surface area contributed by atoms with Gasteiger partial charge in [0.25, 0.3) is 11.8 Å². The van der Waals surface area contributed by atoms with E-state index >= 15 is 0 Å². The van der Waals surface area contributed by atoms with E-state index in [-0.39, 0.29) is 29.9 Å². The number of carbonyl (C=O) groups is 4. The molecule has 0 bridgehead atoms. The van der Waals surface area contributed by atoms with Gasteiger partial charge in [-0.25, -0.2) is 4.98 Å². The number of imide groups is 2. The molecule has 43 heavy (non-hydrogen) atoms. The van der Waals surface area contributed by atoms with E-state index in [0.717, 1.165) is 73.2 Å². The Labute approximate surface area is 249 Å². The van der Waals surface area contributed by atoms with Crippen molar-refractivity contribution in [1.29, 1.82) is 0 Å². The first kappa shape index (κ1) is 27.3. The number of nitrogens with zero attached hydrogens (tertiary/aromatic N) is 6. The molecule has 7 rings (SSSR count). The fraction of sp³-hybridized carbons (Fsp3) is 0.419. The van der Waals surface area contributed by atoms with Gasteiger partial charge in [0.2, 0.25) is 11.8 Å². The third kappa shape index (κ3) is 5.16. The van der Waals surface area contributed by atoms with Crippen LogP contribution in [0.1, 0.15) is 52.4 Å². The van der Waals surface area contributed by atoms with Crippen molar-refractivity contribution in [2.45, 2.75) is 37.8 Å². The Morgan fingerprint density at radius 3 is 2.56 bits per heavy atom. The fourth-order valence-corrected chi connectivity index (χ4v) is 6.39. The first-order valence-corrected chi connectivity index (χ1v) is 14.9. The van der Waals surface area contributed by atoms with Crippen LogP contribution in [-0.2, 0) is 9.59 Å². The number of pyridine rings is 1. The van der Waals surface area contributed by atoms with Gasteiger partial charge in [-0.2, -0.15) is 5.10 Å². The summed E-state index contributed by atoms with van der Waals surface area (Å²) in [5, 5.41) is 10.3. The quantitative estimate of drug-likeness (QED) is 0.402. The Balaban J connectivity index is 0.936. The van der Waals surface area contributed by atoms with Crippen LogP contribution in [0.15, 0.2) is 48.8 Å². The molecule has 12 nitrogen and oxygen atoms in total. The van der Waals surface area contributed by atoms with Crippen LogP contribution in [0, 0.1) is 5.92 Å². The van der Waals surface area contributed by atoms with Crippen LogP contribution in [-0.4, -0.2) is 94.0 Å². The number of amides is 4. The number of hydrogen-bond donors (Lipinski definition) is 2. The molecule has 3 aromatic rings. The maximum atomic E-state index is 13.1. The smallest absolute Gasteiger partial charge is 0.262 e. The summed E-state index contributed by atoms with van der Waals surface area (Å²) in [6.45, 7) is 4.76. The summed E-state index contributed by atoms with van der Waals surface area (Å²) in [5.41, 5.74) is 3.26. The molecule has 2 saturated heterocycles. The summed E-state index contributed by atoms with van der Waals surface area (Å²) in [7, 11) is 2.15. The van der Waals surface area contributed by atoms with E-state index in [0.29, 0.717) is 12.0 Å². The average Bonchev–Trinajstić information content (AvgIpc) is 3.56. The van der Waals surface area contributed by atoms with Crippen LogP contribution in [0.2, 0.25) is 0 Å². The molecule has 4 amide bonds. The Morgan fingerprint density at radius 1 is 0.977 bits per heavy atom. The topological polar surface area (TPSA) is 133 Å². The van der Waals surface area contributed by atoms with Crippen molar-refractivity contribution >= 4 is 35.1 Å². The third-order valence-electron chi connectivity index (χ3n) is 9.08. The van der Waals surface area contributed by atoms with Crippen molar-refractivity contribution in [3.63, 3.8) is 0 Å². The Bertz CT molecular complexity index is 1600. The van der Waals surface area contributed by atoms with Crippen LogP contribution >= 0.6 is 0 Å². The van der Waals surface area contributed by atoms with Crippen LogP contribution in [0.4, 0.5) is 11.5 Å². The highest BCUT2D eigenvalue weighted by Crippen LogP contribution is 2.38. The van der Waals surface area contributed by atoms with Gasteiger partial charge in [-0.1, -0.05) is 6.07 Å². The zero-order valence-corrected chi connectivity index (χ0v) is 24.0. The number of likely N-dealkylation sites (N-methyl/N-ethyl adjacent to an activating group) is 1. The minimum absolute atomic E-state index is 0.0971. The zero-order valence-electron chi connectivity index (χ0n) is 24.0. The molecule has 3 fully saturated rings. The molecule has 1 aliphatic carbocycles. The number of rotatable bonds is 7. The lowest BCUT2D eigenvalue weighted by Crippen LogP contribution is -2.54. The van der Waals surface area contributed by atoms with Gasteiger partial charge in [0.1, 0.15) is 11.9 Å². The van der Waals surface area contributed by atoms with E-state index in [1.54, 1.807) is 18.2 Å². The highest BCUT2D eigenvalue weighted by Gasteiger charge is 2.44. The number of fused-ring (bicyclic) bond motifs is 1. The summed E-state index contributed by atoms with van der Waals surface area (Å²) in [6.07, 6.45) is 6.18. The highest BCUT2D eigenvalue weighted by molar-refractivity contribution is 6.23. The maximum absolute atomic E-state index is 13.1. The van der Waals surface area contributed by atoms with Gasteiger partial charge in [-0.05, 0) is 62.6 Å². The second-order valence-corrected chi connectivity index (χ2v) is 12.0. The SMILES string of the molecule is CN1CCN(c2cccc(-c3cnn(C4CC(CNc5ccc6c(c5)C(=O)N(C5CCC(=O)NC5=O)C6=O)C4)c3)n2)CC1. The molecule has 222 valence electrons. The number of benzene rings is 1. The van der Waals surface area contributed by atoms with Crippen molar-refractivity contribution in [3.8, 4) is 11.3 Å². The highest BCUT2D eigenvalue weighted by atomic mass is 16.2. The molecular formula is C31H34N8O4. The van der Waals surface area contributed by atoms with Crippen molar-refractivity contribution in [1.82, 2.24) is 29.9 Å². The monoisotopic (exact) mass is 582 g/mol. The van der Waals surface area contributed by atoms with Crippen LogP contribution < -0.4 is 15.5 Å². The summed E-state index contributed by atoms with van der Waals surface area (Å²) in [6, 6.07) is 10.6. The number of piperazine rings is 1. The zero-order chi connectivity index (χ0) is 29.7. The molecule has 1 saturated carbocycles. The summed E-state index contributed by atoms with van der Waals surface area (Å²) >= 11 is 0. The molecular weight excluding hydrogens is 548 g/mol. The number of nitrogens with one attached hydrogen (secondary N) is 2. The van der Waals surface area contributed by atoms with E-state index in [2.05, 4.69) is 50.9 Å². The second-order valence-electron chi connectivity index (χ2n) is 12.0. The Morgan fingerprint density at radius 2 is 1.77 bits per heavy atom. The molecule has 5 heterocycles. The summed E-state index contributed by atoms with van der Waals surface area (Å²) in [5.74, 6) is -0.540. The predicted octanol–water partition coefficient (Wildman–Crippen LogP) is 2.16. The summed E-state index contributed by atoms with van der Waals surface area (Å²) < 4.78 is 2.04. The predicted molar refractivity (Wildman–Crippen MR) is 159 cm³/mol. The van der Waals surface area contributed by atoms with Crippen molar-refractivity contribution in [2.75, 3.05) is 50.0 Å². The standard InChI is InChI=1S/C31H34N8O4/c1-36-9-11-37(12-10-36)27-4-2-3-25(34-27)20-17-33-38(18-20)22-13-19(14-22)16-32-21-5-6-23-24(15-21)31(43)39(30(23)42)26-7-8-28(40)35-29(26)41/h2-6,15,17-19,22,26,32H,7-14,16H2,1H3,(H,35,40,41). The van der Waals surface area contributed by atoms with E-state index in [4.69, 9.17) is 4.98 Å². The number of anilines is 2.